The van der Waals surface area contributed by atoms with Crippen molar-refractivity contribution in [2.45, 2.75) is 20.3 Å². The van der Waals surface area contributed by atoms with Crippen LogP contribution in [0.1, 0.15) is 16.8 Å². The van der Waals surface area contributed by atoms with Gasteiger partial charge < -0.3 is 4.90 Å². The number of anilines is 1. The third kappa shape index (κ3) is 2.56. The first-order valence-corrected chi connectivity index (χ1v) is 6.94. The van der Waals surface area contributed by atoms with E-state index in [1.165, 1.54) is 5.56 Å². The van der Waals surface area contributed by atoms with Crippen molar-refractivity contribution < 1.29 is 0 Å². The summed E-state index contributed by atoms with van der Waals surface area (Å²) in [6, 6.07) is 4.09. The molecule has 21 heavy (non-hydrogen) atoms. The van der Waals surface area contributed by atoms with Gasteiger partial charge in [0.15, 0.2) is 0 Å². The Morgan fingerprint density at radius 3 is 2.71 bits per heavy atom. The molecule has 0 radical (unpaired) electrons. The maximum absolute atomic E-state index is 4.45. The maximum Gasteiger partial charge on any atom is 0.254 e. The van der Waals surface area contributed by atoms with Gasteiger partial charge >= 0.3 is 0 Å². The second-order valence-electron chi connectivity index (χ2n) is 5.14. The van der Waals surface area contributed by atoms with Crippen LogP contribution < -0.4 is 4.90 Å². The van der Waals surface area contributed by atoms with E-state index in [0.717, 1.165) is 30.0 Å². The Kier molecular flexibility index (Phi) is 3.51. The van der Waals surface area contributed by atoms with Crippen LogP contribution in [0.25, 0.3) is 5.78 Å². The molecule has 3 aromatic heterocycles. The number of likely N-dealkylation sites (N-methyl/N-ethyl adjacent to an activating group) is 1. The molecule has 0 aliphatic heterocycles. The third-order valence-corrected chi connectivity index (χ3v) is 3.72. The molecule has 0 bridgehead atoms. The fourth-order valence-electron chi connectivity index (χ4n) is 2.42. The van der Waals surface area contributed by atoms with Gasteiger partial charge in [0.25, 0.3) is 5.78 Å². The predicted octanol–water partition coefficient (Wildman–Crippen LogP) is 1.82. The topological polar surface area (TPSA) is 59.2 Å². The minimum absolute atomic E-state index is 0.642. The van der Waals surface area contributed by atoms with Crippen molar-refractivity contribution in [3.63, 3.8) is 0 Å². The summed E-state index contributed by atoms with van der Waals surface area (Å²) in [5.74, 6) is 1.69. The molecule has 0 atom stereocenters. The molecule has 0 aromatic carbocycles. The second-order valence-corrected chi connectivity index (χ2v) is 5.14. The number of hydrogen-bond donors (Lipinski definition) is 0. The Balaban J connectivity index is 1.89. The Labute approximate surface area is 123 Å². The van der Waals surface area contributed by atoms with Crippen LogP contribution in [0, 0.1) is 13.8 Å². The first kappa shape index (κ1) is 13.5. The summed E-state index contributed by atoms with van der Waals surface area (Å²) in [5, 5.41) is 4.29. The molecule has 0 aliphatic carbocycles. The first-order valence-electron chi connectivity index (χ1n) is 6.94. The van der Waals surface area contributed by atoms with Gasteiger partial charge in [-0.2, -0.15) is 14.6 Å². The van der Waals surface area contributed by atoms with Crippen molar-refractivity contribution >= 4 is 11.6 Å². The summed E-state index contributed by atoms with van der Waals surface area (Å²) in [4.78, 5) is 14.9. The number of hydrogen-bond acceptors (Lipinski definition) is 5. The first-order chi connectivity index (χ1) is 10.2. The van der Waals surface area contributed by atoms with Gasteiger partial charge in [0.1, 0.15) is 12.1 Å². The summed E-state index contributed by atoms with van der Waals surface area (Å²) in [6.07, 6.45) is 6.15. The molecule has 0 amide bonds. The maximum atomic E-state index is 4.45. The van der Waals surface area contributed by atoms with Gasteiger partial charge in [0.05, 0.1) is 0 Å². The zero-order valence-corrected chi connectivity index (χ0v) is 12.5. The highest BCUT2D eigenvalue weighted by Gasteiger charge is 2.14. The Hall–Kier alpha value is -2.50. The highest BCUT2D eigenvalue weighted by molar-refractivity contribution is 5.53. The van der Waals surface area contributed by atoms with Gasteiger partial charge in [-0.05, 0) is 38.0 Å². The predicted molar refractivity (Wildman–Crippen MR) is 81.5 cm³/mol. The highest BCUT2D eigenvalue weighted by Crippen LogP contribution is 2.21. The van der Waals surface area contributed by atoms with E-state index in [9.17, 15) is 0 Å². The van der Waals surface area contributed by atoms with Crippen LogP contribution in [0.3, 0.4) is 0 Å². The summed E-state index contributed by atoms with van der Waals surface area (Å²) in [7, 11) is 2.07. The van der Waals surface area contributed by atoms with Crippen LogP contribution in [0.15, 0.2) is 30.9 Å². The van der Waals surface area contributed by atoms with Crippen LogP contribution in [0.4, 0.5) is 5.82 Å². The lowest BCUT2D eigenvalue weighted by atomic mass is 10.2. The summed E-state index contributed by atoms with van der Waals surface area (Å²) >= 11 is 0. The van der Waals surface area contributed by atoms with Crippen molar-refractivity contribution in [1.82, 2.24) is 24.6 Å². The average Bonchev–Trinajstić information content (AvgIpc) is 2.94. The Morgan fingerprint density at radius 2 is 1.95 bits per heavy atom. The van der Waals surface area contributed by atoms with Crippen molar-refractivity contribution in [2.75, 3.05) is 18.5 Å². The number of aryl methyl sites for hydroxylation is 1. The molecule has 6 nitrogen and oxygen atoms in total. The largest absolute Gasteiger partial charge is 0.359 e. The number of aromatic nitrogens is 5. The normalized spacial score (nSPS) is 11.0. The van der Waals surface area contributed by atoms with E-state index in [1.807, 2.05) is 31.5 Å². The fourth-order valence-corrected chi connectivity index (χ4v) is 2.42. The van der Waals surface area contributed by atoms with Crippen molar-refractivity contribution in [3.05, 3.63) is 47.7 Å². The minimum Gasteiger partial charge on any atom is -0.359 e. The van der Waals surface area contributed by atoms with Crippen LogP contribution in [-0.2, 0) is 6.42 Å². The molecule has 0 unspecified atom stereocenters. The SMILES string of the molecule is Cc1nc2ncnn2c(N(C)CCc2ccncc2)c1C. The Morgan fingerprint density at radius 1 is 1.19 bits per heavy atom. The van der Waals surface area contributed by atoms with Gasteiger partial charge in [-0.15, -0.1) is 0 Å². The van der Waals surface area contributed by atoms with E-state index < -0.39 is 0 Å². The second kappa shape index (κ2) is 5.47. The number of nitrogens with zero attached hydrogens (tertiary/aromatic N) is 6. The van der Waals surface area contributed by atoms with E-state index in [2.05, 4.69) is 38.9 Å². The molecule has 0 spiro atoms. The fraction of sp³-hybridized carbons (Fsp3) is 0.333. The zero-order valence-electron chi connectivity index (χ0n) is 12.5. The summed E-state index contributed by atoms with van der Waals surface area (Å²) < 4.78 is 1.80. The van der Waals surface area contributed by atoms with Gasteiger partial charge in [0, 0.05) is 37.2 Å². The molecule has 0 aliphatic rings. The lowest BCUT2D eigenvalue weighted by molar-refractivity contribution is 0.802. The van der Waals surface area contributed by atoms with E-state index in [4.69, 9.17) is 0 Å². The quantitative estimate of drug-likeness (QED) is 0.730. The van der Waals surface area contributed by atoms with Crippen LogP contribution in [0.2, 0.25) is 0 Å². The molecular formula is C15H18N6. The molecule has 3 aromatic rings. The van der Waals surface area contributed by atoms with E-state index >= 15 is 0 Å². The van der Waals surface area contributed by atoms with Crippen molar-refractivity contribution in [2.24, 2.45) is 0 Å². The molecule has 0 N–H and O–H groups in total. The van der Waals surface area contributed by atoms with E-state index in [0.29, 0.717) is 5.78 Å². The summed E-state index contributed by atoms with van der Waals surface area (Å²) in [5.41, 5.74) is 3.39. The monoisotopic (exact) mass is 282 g/mol. The van der Waals surface area contributed by atoms with Crippen LogP contribution in [-0.4, -0.2) is 38.2 Å². The van der Waals surface area contributed by atoms with Crippen LogP contribution >= 0.6 is 0 Å². The van der Waals surface area contributed by atoms with Crippen molar-refractivity contribution in [1.29, 1.82) is 0 Å². The van der Waals surface area contributed by atoms with Crippen molar-refractivity contribution in [3.8, 4) is 0 Å². The van der Waals surface area contributed by atoms with Gasteiger partial charge in [0.2, 0.25) is 0 Å². The number of rotatable bonds is 4. The van der Waals surface area contributed by atoms with Gasteiger partial charge in [-0.1, -0.05) is 0 Å². The third-order valence-electron chi connectivity index (χ3n) is 3.72. The Bertz CT molecular complexity index is 749. The lowest BCUT2D eigenvalue weighted by Gasteiger charge is -2.22. The standard InChI is InChI=1S/C15H18N6/c1-11-12(2)19-15-17-10-18-21(15)14(11)20(3)9-6-13-4-7-16-8-5-13/h4-5,7-8,10H,6,9H2,1-3H3. The lowest BCUT2D eigenvalue weighted by Crippen LogP contribution is -2.25. The van der Waals surface area contributed by atoms with Gasteiger partial charge in [-0.3, -0.25) is 4.98 Å². The number of pyridine rings is 1. The smallest absolute Gasteiger partial charge is 0.254 e. The molecule has 3 rings (SSSR count). The van der Waals surface area contributed by atoms with Gasteiger partial charge in [-0.25, -0.2) is 4.98 Å². The molecule has 6 heteroatoms. The van der Waals surface area contributed by atoms with E-state index in [1.54, 1.807) is 10.8 Å². The van der Waals surface area contributed by atoms with E-state index in [-0.39, 0.29) is 0 Å². The average molecular weight is 282 g/mol. The molecule has 0 saturated heterocycles. The minimum atomic E-state index is 0.642. The molecular weight excluding hydrogens is 264 g/mol. The molecule has 0 saturated carbocycles. The summed E-state index contributed by atoms with van der Waals surface area (Å²) in [6.45, 7) is 4.97. The molecule has 0 fully saturated rings. The number of fused-ring (bicyclic) bond motifs is 1. The van der Waals surface area contributed by atoms with Crippen LogP contribution in [0.5, 0.6) is 0 Å². The molecule has 3 heterocycles. The molecule has 108 valence electrons. The zero-order chi connectivity index (χ0) is 14.8. The highest BCUT2D eigenvalue weighted by atomic mass is 15.4.